The van der Waals surface area contributed by atoms with Crippen molar-refractivity contribution in [2.45, 2.75) is 30.2 Å². The van der Waals surface area contributed by atoms with E-state index in [1.165, 1.54) is 17.8 Å². The van der Waals surface area contributed by atoms with Gasteiger partial charge in [-0.2, -0.15) is 0 Å². The monoisotopic (exact) mass is 323 g/mol. The number of nitrogens with one attached hydrogen (secondary N) is 1. The van der Waals surface area contributed by atoms with E-state index in [0.717, 1.165) is 23.5 Å². The van der Waals surface area contributed by atoms with E-state index in [-0.39, 0.29) is 5.82 Å². The van der Waals surface area contributed by atoms with Crippen LogP contribution in [0.3, 0.4) is 0 Å². The number of rotatable bonds is 6. The largest absolute Gasteiger partial charge is 0.312 e. The molecule has 4 heteroatoms. The zero-order chi connectivity index (χ0) is 15.2. The number of halogens is 2. The molecule has 0 saturated heterocycles. The lowest BCUT2D eigenvalue weighted by Crippen LogP contribution is -2.19. The van der Waals surface area contributed by atoms with Gasteiger partial charge in [-0.1, -0.05) is 55.4 Å². The molecule has 0 aliphatic heterocycles. The fourth-order valence-electron chi connectivity index (χ4n) is 1.88. The van der Waals surface area contributed by atoms with Gasteiger partial charge in [0.15, 0.2) is 0 Å². The van der Waals surface area contributed by atoms with Crippen LogP contribution in [0.2, 0.25) is 5.02 Å². The van der Waals surface area contributed by atoms with Crippen LogP contribution >= 0.6 is 23.4 Å². The highest BCUT2D eigenvalue weighted by molar-refractivity contribution is 7.99. The van der Waals surface area contributed by atoms with Crippen molar-refractivity contribution in [2.24, 2.45) is 5.92 Å². The van der Waals surface area contributed by atoms with Crippen molar-refractivity contribution in [1.82, 2.24) is 5.32 Å². The molecule has 1 N–H and O–H groups in total. The van der Waals surface area contributed by atoms with E-state index < -0.39 is 0 Å². The molecule has 2 rings (SSSR count). The van der Waals surface area contributed by atoms with E-state index in [0.29, 0.717) is 15.8 Å². The highest BCUT2D eigenvalue weighted by Gasteiger charge is 2.06. The first-order valence-electron chi connectivity index (χ1n) is 6.98. The van der Waals surface area contributed by atoms with Gasteiger partial charge in [-0.15, -0.1) is 0 Å². The standard InChI is InChI=1S/C17H19ClFNS/c1-12(2)10-20-11-13-7-8-14(9-15(13)18)21-17-6-4-3-5-16(17)19/h3-9,12,20H,10-11H2,1-2H3. The maximum absolute atomic E-state index is 13.6. The van der Waals surface area contributed by atoms with Crippen molar-refractivity contribution in [3.8, 4) is 0 Å². The quantitative estimate of drug-likeness (QED) is 0.766. The summed E-state index contributed by atoms with van der Waals surface area (Å²) in [4.78, 5) is 1.55. The van der Waals surface area contributed by atoms with E-state index in [1.54, 1.807) is 12.1 Å². The second-order valence-corrected chi connectivity index (χ2v) is 6.83. The summed E-state index contributed by atoms with van der Waals surface area (Å²) < 4.78 is 13.6. The smallest absolute Gasteiger partial charge is 0.137 e. The molecule has 2 aromatic carbocycles. The normalized spacial score (nSPS) is 11.1. The summed E-state index contributed by atoms with van der Waals surface area (Å²) in [6.45, 7) is 6.05. The van der Waals surface area contributed by atoms with Crippen LogP contribution < -0.4 is 5.32 Å². The van der Waals surface area contributed by atoms with Crippen molar-refractivity contribution in [3.05, 3.63) is 58.9 Å². The highest BCUT2D eigenvalue weighted by Crippen LogP contribution is 2.32. The number of hydrogen-bond donors (Lipinski definition) is 1. The number of hydrogen-bond acceptors (Lipinski definition) is 2. The summed E-state index contributed by atoms with van der Waals surface area (Å²) in [6.07, 6.45) is 0. The Balaban J connectivity index is 2.03. The first-order chi connectivity index (χ1) is 10.1. The highest BCUT2D eigenvalue weighted by atomic mass is 35.5. The summed E-state index contributed by atoms with van der Waals surface area (Å²) >= 11 is 7.69. The van der Waals surface area contributed by atoms with Crippen LogP contribution in [0.15, 0.2) is 52.3 Å². The summed E-state index contributed by atoms with van der Waals surface area (Å²) in [5.74, 6) is 0.404. The zero-order valence-electron chi connectivity index (χ0n) is 12.2. The Kier molecular flexibility index (Phi) is 6.09. The first-order valence-corrected chi connectivity index (χ1v) is 8.17. The average molecular weight is 324 g/mol. The SMILES string of the molecule is CC(C)CNCc1ccc(Sc2ccccc2F)cc1Cl. The van der Waals surface area contributed by atoms with Crippen LogP contribution in [0.5, 0.6) is 0 Å². The van der Waals surface area contributed by atoms with Crippen LogP contribution in [-0.2, 0) is 6.54 Å². The van der Waals surface area contributed by atoms with Gasteiger partial charge in [0.25, 0.3) is 0 Å². The second kappa shape index (κ2) is 7.83. The van der Waals surface area contributed by atoms with Gasteiger partial charge in [0.1, 0.15) is 5.82 Å². The minimum absolute atomic E-state index is 0.207. The average Bonchev–Trinajstić information content (AvgIpc) is 2.43. The molecule has 0 bridgehead atoms. The van der Waals surface area contributed by atoms with Gasteiger partial charge in [0.2, 0.25) is 0 Å². The van der Waals surface area contributed by atoms with E-state index in [9.17, 15) is 4.39 Å². The lowest BCUT2D eigenvalue weighted by Gasteiger charge is -2.10. The third-order valence-electron chi connectivity index (χ3n) is 2.96. The third-order valence-corrected chi connectivity index (χ3v) is 4.35. The Morgan fingerprint density at radius 3 is 2.62 bits per heavy atom. The van der Waals surface area contributed by atoms with Gasteiger partial charge in [0.05, 0.1) is 0 Å². The van der Waals surface area contributed by atoms with Gasteiger partial charge in [0, 0.05) is 21.4 Å². The van der Waals surface area contributed by atoms with Crippen LogP contribution in [0, 0.1) is 11.7 Å². The van der Waals surface area contributed by atoms with Crippen molar-refractivity contribution in [3.63, 3.8) is 0 Å². The van der Waals surface area contributed by atoms with Crippen LogP contribution in [0.25, 0.3) is 0 Å². The lowest BCUT2D eigenvalue weighted by molar-refractivity contribution is 0.552. The maximum Gasteiger partial charge on any atom is 0.137 e. The molecule has 112 valence electrons. The minimum Gasteiger partial charge on any atom is -0.312 e. The molecule has 1 nitrogen and oxygen atoms in total. The van der Waals surface area contributed by atoms with Crippen molar-refractivity contribution < 1.29 is 4.39 Å². The molecule has 0 spiro atoms. The minimum atomic E-state index is -0.207. The Morgan fingerprint density at radius 2 is 1.95 bits per heavy atom. The van der Waals surface area contributed by atoms with Crippen LogP contribution in [-0.4, -0.2) is 6.54 Å². The lowest BCUT2D eigenvalue weighted by atomic mass is 10.2. The molecule has 0 saturated carbocycles. The molecule has 0 heterocycles. The molecule has 0 atom stereocenters. The van der Waals surface area contributed by atoms with Gasteiger partial charge < -0.3 is 5.32 Å². The molecule has 0 aliphatic carbocycles. The molecule has 0 aromatic heterocycles. The van der Waals surface area contributed by atoms with Gasteiger partial charge in [-0.05, 0) is 42.3 Å². The van der Waals surface area contributed by atoms with Gasteiger partial charge in [-0.3, -0.25) is 0 Å². The topological polar surface area (TPSA) is 12.0 Å². The maximum atomic E-state index is 13.6. The fourth-order valence-corrected chi connectivity index (χ4v) is 3.08. The zero-order valence-corrected chi connectivity index (χ0v) is 13.8. The van der Waals surface area contributed by atoms with Gasteiger partial charge >= 0.3 is 0 Å². The first kappa shape index (κ1) is 16.3. The van der Waals surface area contributed by atoms with Crippen LogP contribution in [0.4, 0.5) is 4.39 Å². The fraction of sp³-hybridized carbons (Fsp3) is 0.294. The Morgan fingerprint density at radius 1 is 1.19 bits per heavy atom. The molecule has 2 aromatic rings. The molecule has 0 amide bonds. The van der Waals surface area contributed by atoms with Crippen molar-refractivity contribution in [1.29, 1.82) is 0 Å². The number of benzene rings is 2. The third kappa shape index (κ3) is 5.03. The summed E-state index contributed by atoms with van der Waals surface area (Å²) in [5, 5.41) is 4.08. The predicted molar refractivity (Wildman–Crippen MR) is 88.5 cm³/mol. The Hall–Kier alpha value is -1.03. The molecule has 0 aliphatic rings. The summed E-state index contributed by atoms with van der Waals surface area (Å²) in [5.41, 5.74) is 1.07. The molecule has 0 unspecified atom stereocenters. The van der Waals surface area contributed by atoms with E-state index in [2.05, 4.69) is 19.2 Å². The summed E-state index contributed by atoms with van der Waals surface area (Å²) in [6, 6.07) is 12.6. The van der Waals surface area contributed by atoms with Crippen molar-refractivity contribution >= 4 is 23.4 Å². The molecular formula is C17H19ClFNS. The van der Waals surface area contributed by atoms with Crippen molar-refractivity contribution in [2.75, 3.05) is 6.54 Å². The van der Waals surface area contributed by atoms with E-state index in [4.69, 9.17) is 11.6 Å². The summed E-state index contributed by atoms with van der Waals surface area (Å²) in [7, 11) is 0. The molecule has 21 heavy (non-hydrogen) atoms. The molecular weight excluding hydrogens is 305 g/mol. The Labute approximate surface area is 134 Å². The van der Waals surface area contributed by atoms with Crippen LogP contribution in [0.1, 0.15) is 19.4 Å². The Bertz CT molecular complexity index is 601. The van der Waals surface area contributed by atoms with E-state index in [1.807, 2.05) is 24.3 Å². The predicted octanol–water partition coefficient (Wildman–Crippen LogP) is 5.38. The van der Waals surface area contributed by atoms with Gasteiger partial charge in [-0.25, -0.2) is 4.39 Å². The van der Waals surface area contributed by atoms with E-state index >= 15 is 0 Å². The second-order valence-electron chi connectivity index (χ2n) is 5.31. The molecule has 0 fully saturated rings. The molecule has 0 radical (unpaired) electrons.